The zero-order valence-electron chi connectivity index (χ0n) is 21.5. The van der Waals surface area contributed by atoms with Crippen LogP contribution in [-0.4, -0.2) is 55.0 Å². The van der Waals surface area contributed by atoms with Crippen molar-refractivity contribution in [2.45, 2.75) is 39.3 Å². The van der Waals surface area contributed by atoms with Gasteiger partial charge in [0.2, 0.25) is 5.91 Å². The van der Waals surface area contributed by atoms with Crippen molar-refractivity contribution in [2.75, 3.05) is 27.3 Å². The number of hydrogen-bond donors (Lipinski definition) is 0. The van der Waals surface area contributed by atoms with E-state index in [1.807, 2.05) is 38.1 Å². The van der Waals surface area contributed by atoms with E-state index in [4.69, 9.17) is 37.1 Å². The number of hydrogen-bond acceptors (Lipinski definition) is 5. The van der Waals surface area contributed by atoms with Crippen LogP contribution >= 0.6 is 23.2 Å². The standard InChI is InChI=1S/C28H32Cl2N2O5/c1-5-19(2)32(28(34)21-9-10-23(29)24(30)16-21)18-27(33)31(17-22-7-6-14-37-22)13-12-20-8-11-25(35-3)26(15-20)36-4/h6-11,14-16,19H,5,12-13,17-18H2,1-4H3. The van der Waals surface area contributed by atoms with Crippen LogP contribution < -0.4 is 9.47 Å². The maximum atomic E-state index is 13.6. The van der Waals surface area contributed by atoms with Gasteiger partial charge in [-0.25, -0.2) is 0 Å². The van der Waals surface area contributed by atoms with Crippen LogP contribution in [0.4, 0.5) is 0 Å². The van der Waals surface area contributed by atoms with Crippen molar-refractivity contribution in [3.63, 3.8) is 0 Å². The summed E-state index contributed by atoms with van der Waals surface area (Å²) in [6.07, 6.45) is 2.84. The first-order valence-corrected chi connectivity index (χ1v) is 12.8. The Balaban J connectivity index is 1.81. The third-order valence-corrected chi connectivity index (χ3v) is 6.99. The zero-order valence-corrected chi connectivity index (χ0v) is 23.0. The number of rotatable bonds is 12. The largest absolute Gasteiger partial charge is 0.493 e. The smallest absolute Gasteiger partial charge is 0.254 e. The van der Waals surface area contributed by atoms with Crippen LogP contribution in [0.15, 0.2) is 59.2 Å². The SMILES string of the molecule is CCC(C)N(CC(=O)N(CCc1ccc(OC)c(OC)c1)Cc1ccco1)C(=O)c1ccc(Cl)c(Cl)c1. The third kappa shape index (κ3) is 7.43. The fraction of sp³-hybridized carbons (Fsp3) is 0.357. The maximum Gasteiger partial charge on any atom is 0.254 e. The highest BCUT2D eigenvalue weighted by atomic mass is 35.5. The third-order valence-electron chi connectivity index (χ3n) is 6.25. The highest BCUT2D eigenvalue weighted by Crippen LogP contribution is 2.28. The highest BCUT2D eigenvalue weighted by Gasteiger charge is 2.26. The number of methoxy groups -OCH3 is 2. The van der Waals surface area contributed by atoms with E-state index in [1.165, 1.54) is 6.07 Å². The number of carbonyl (C=O) groups is 2. The van der Waals surface area contributed by atoms with Crippen molar-refractivity contribution in [2.24, 2.45) is 0 Å². The van der Waals surface area contributed by atoms with E-state index in [0.29, 0.717) is 47.2 Å². The second-order valence-corrected chi connectivity index (χ2v) is 9.47. The van der Waals surface area contributed by atoms with Crippen LogP contribution in [0.3, 0.4) is 0 Å². The molecule has 0 aliphatic rings. The summed E-state index contributed by atoms with van der Waals surface area (Å²) in [5.41, 5.74) is 1.37. The quantitative estimate of drug-likeness (QED) is 0.273. The van der Waals surface area contributed by atoms with Gasteiger partial charge in [-0.15, -0.1) is 0 Å². The van der Waals surface area contributed by atoms with Crippen LogP contribution in [0.1, 0.15) is 41.9 Å². The van der Waals surface area contributed by atoms with Crippen molar-refractivity contribution in [1.82, 2.24) is 9.80 Å². The van der Waals surface area contributed by atoms with Crippen LogP contribution in [0.5, 0.6) is 11.5 Å². The lowest BCUT2D eigenvalue weighted by molar-refractivity contribution is -0.133. The average molecular weight is 547 g/mol. The summed E-state index contributed by atoms with van der Waals surface area (Å²) in [5.74, 6) is 1.45. The van der Waals surface area contributed by atoms with Gasteiger partial charge in [-0.05, 0) is 67.8 Å². The van der Waals surface area contributed by atoms with E-state index in [1.54, 1.807) is 48.5 Å². The van der Waals surface area contributed by atoms with Gasteiger partial charge in [-0.2, -0.15) is 0 Å². The number of furan rings is 1. The summed E-state index contributed by atoms with van der Waals surface area (Å²) in [6.45, 7) is 4.52. The van der Waals surface area contributed by atoms with Gasteiger partial charge in [0.1, 0.15) is 12.3 Å². The minimum absolute atomic E-state index is 0.0826. The number of benzene rings is 2. The minimum Gasteiger partial charge on any atom is -0.493 e. The molecule has 198 valence electrons. The molecule has 0 spiro atoms. The molecular formula is C28H32Cl2N2O5. The molecule has 0 radical (unpaired) electrons. The van der Waals surface area contributed by atoms with Crippen LogP contribution in [0.25, 0.3) is 0 Å². The Hall–Kier alpha value is -3.16. The lowest BCUT2D eigenvalue weighted by Crippen LogP contribution is -2.46. The van der Waals surface area contributed by atoms with Crippen molar-refractivity contribution in [1.29, 1.82) is 0 Å². The first-order chi connectivity index (χ1) is 17.8. The second-order valence-electron chi connectivity index (χ2n) is 8.65. The fourth-order valence-corrected chi connectivity index (χ4v) is 4.17. The number of halogens is 2. The van der Waals surface area contributed by atoms with Crippen molar-refractivity contribution < 1.29 is 23.5 Å². The van der Waals surface area contributed by atoms with Gasteiger partial charge >= 0.3 is 0 Å². The van der Waals surface area contributed by atoms with E-state index in [2.05, 4.69) is 0 Å². The molecule has 2 aromatic carbocycles. The molecule has 1 aromatic heterocycles. The van der Waals surface area contributed by atoms with E-state index in [-0.39, 0.29) is 36.0 Å². The number of nitrogens with zero attached hydrogens (tertiary/aromatic N) is 2. The Kier molecular flexibility index (Phi) is 10.3. The molecule has 1 unspecified atom stereocenters. The van der Waals surface area contributed by atoms with E-state index in [9.17, 15) is 9.59 Å². The van der Waals surface area contributed by atoms with Gasteiger partial charge in [0, 0.05) is 18.2 Å². The normalized spacial score (nSPS) is 11.6. The van der Waals surface area contributed by atoms with Gasteiger partial charge < -0.3 is 23.7 Å². The van der Waals surface area contributed by atoms with E-state index in [0.717, 1.165) is 5.56 Å². The van der Waals surface area contributed by atoms with Crippen LogP contribution in [0, 0.1) is 0 Å². The zero-order chi connectivity index (χ0) is 26.9. The summed E-state index contributed by atoms with van der Waals surface area (Å²) >= 11 is 12.2. The molecule has 0 aliphatic heterocycles. The average Bonchev–Trinajstić information content (AvgIpc) is 3.43. The number of amides is 2. The maximum absolute atomic E-state index is 13.6. The molecule has 2 amide bonds. The number of ether oxygens (including phenoxy) is 2. The lowest BCUT2D eigenvalue weighted by Gasteiger charge is -2.31. The molecule has 1 heterocycles. The van der Waals surface area contributed by atoms with Crippen LogP contribution in [-0.2, 0) is 17.8 Å². The Labute approximate surface area is 227 Å². The fourth-order valence-electron chi connectivity index (χ4n) is 3.87. The topological polar surface area (TPSA) is 72.2 Å². The van der Waals surface area contributed by atoms with Gasteiger partial charge in [0.25, 0.3) is 5.91 Å². The molecule has 0 saturated heterocycles. The molecule has 1 atom stereocenters. The molecular weight excluding hydrogens is 515 g/mol. The summed E-state index contributed by atoms with van der Waals surface area (Å²) in [5, 5.41) is 0.654. The van der Waals surface area contributed by atoms with Gasteiger partial charge in [0.05, 0.1) is 37.1 Å². The van der Waals surface area contributed by atoms with Crippen molar-refractivity contribution in [3.05, 3.63) is 81.7 Å². The molecule has 7 nitrogen and oxygen atoms in total. The minimum atomic E-state index is -0.279. The van der Waals surface area contributed by atoms with E-state index < -0.39 is 0 Å². The molecule has 0 N–H and O–H groups in total. The van der Waals surface area contributed by atoms with Crippen LogP contribution in [0.2, 0.25) is 10.0 Å². The van der Waals surface area contributed by atoms with Crippen molar-refractivity contribution in [3.8, 4) is 11.5 Å². The van der Waals surface area contributed by atoms with Crippen molar-refractivity contribution >= 4 is 35.0 Å². The molecule has 3 rings (SSSR count). The summed E-state index contributed by atoms with van der Waals surface area (Å²) in [6, 6.07) is 13.9. The first kappa shape index (κ1) is 28.4. The molecule has 0 bridgehead atoms. The Bertz CT molecular complexity index is 1200. The monoisotopic (exact) mass is 546 g/mol. The summed E-state index contributed by atoms with van der Waals surface area (Å²) < 4.78 is 16.2. The highest BCUT2D eigenvalue weighted by molar-refractivity contribution is 6.42. The molecule has 0 saturated carbocycles. The number of carbonyl (C=O) groups excluding carboxylic acids is 2. The first-order valence-electron chi connectivity index (χ1n) is 12.0. The summed E-state index contributed by atoms with van der Waals surface area (Å²) in [4.78, 5) is 30.3. The second kappa shape index (κ2) is 13.4. The lowest BCUT2D eigenvalue weighted by atomic mass is 10.1. The Morgan fingerprint density at radius 3 is 2.38 bits per heavy atom. The Morgan fingerprint density at radius 2 is 1.76 bits per heavy atom. The van der Waals surface area contributed by atoms with E-state index >= 15 is 0 Å². The molecule has 3 aromatic rings. The molecule has 0 fully saturated rings. The van der Waals surface area contributed by atoms with Gasteiger partial charge in [-0.1, -0.05) is 36.2 Å². The van der Waals surface area contributed by atoms with Gasteiger partial charge in [0.15, 0.2) is 11.5 Å². The predicted molar refractivity (Wildman–Crippen MR) is 145 cm³/mol. The molecule has 9 heteroatoms. The molecule has 0 aliphatic carbocycles. The van der Waals surface area contributed by atoms with Gasteiger partial charge in [-0.3, -0.25) is 9.59 Å². The molecule has 37 heavy (non-hydrogen) atoms. The Morgan fingerprint density at radius 1 is 1.00 bits per heavy atom. The predicted octanol–water partition coefficient (Wildman–Crippen LogP) is 6.12. The summed E-state index contributed by atoms with van der Waals surface area (Å²) in [7, 11) is 3.17.